The van der Waals surface area contributed by atoms with Gasteiger partial charge in [-0.25, -0.2) is 0 Å². The number of aromatic hydroxyl groups is 1. The molecule has 124 valence electrons. The molecule has 0 spiro atoms. The molecule has 5 nitrogen and oxygen atoms in total. The van der Waals surface area contributed by atoms with E-state index >= 15 is 0 Å². The highest BCUT2D eigenvalue weighted by Gasteiger charge is 2.35. The zero-order valence-electron chi connectivity index (χ0n) is 13.6. The van der Waals surface area contributed by atoms with E-state index in [2.05, 4.69) is 0 Å². The summed E-state index contributed by atoms with van der Waals surface area (Å²) in [6.45, 7) is 3.70. The molecule has 2 aliphatic rings. The molecule has 1 fully saturated rings. The Hall–Kier alpha value is -2.56. The van der Waals surface area contributed by atoms with Crippen LogP contribution < -0.4 is 5.56 Å². The summed E-state index contributed by atoms with van der Waals surface area (Å²) in [5.74, 6) is 0.839. The normalized spacial score (nSPS) is 22.1. The lowest BCUT2D eigenvalue weighted by Crippen LogP contribution is -2.48. The predicted molar refractivity (Wildman–Crippen MR) is 90.9 cm³/mol. The highest BCUT2D eigenvalue weighted by atomic mass is 16.3. The average Bonchev–Trinajstić information content (AvgIpc) is 2.55. The predicted octanol–water partition coefficient (Wildman–Crippen LogP) is 2.19. The molecule has 0 saturated carbocycles. The molecule has 2 atom stereocenters. The van der Waals surface area contributed by atoms with Crippen LogP contribution in [-0.2, 0) is 11.3 Å². The van der Waals surface area contributed by atoms with Crippen molar-refractivity contribution in [2.75, 3.05) is 13.1 Å². The first-order valence-electron chi connectivity index (χ1n) is 8.31. The van der Waals surface area contributed by atoms with Crippen molar-refractivity contribution in [3.05, 3.63) is 52.4 Å². The lowest BCUT2D eigenvalue weighted by molar-refractivity contribution is -0.131. The van der Waals surface area contributed by atoms with E-state index in [1.54, 1.807) is 31.2 Å². The summed E-state index contributed by atoms with van der Waals surface area (Å²) in [6.07, 6.45) is 1.02. The fourth-order valence-corrected chi connectivity index (χ4v) is 4.07. The molecule has 2 bridgehead atoms. The second kappa shape index (κ2) is 5.51. The fourth-order valence-electron chi connectivity index (χ4n) is 4.07. The van der Waals surface area contributed by atoms with Crippen molar-refractivity contribution in [3.8, 4) is 16.9 Å². The lowest BCUT2D eigenvalue weighted by atomic mass is 9.82. The van der Waals surface area contributed by atoms with Crippen molar-refractivity contribution in [1.29, 1.82) is 0 Å². The van der Waals surface area contributed by atoms with E-state index in [0.717, 1.165) is 29.8 Å². The van der Waals surface area contributed by atoms with Crippen LogP contribution in [0, 0.1) is 5.92 Å². The fraction of sp³-hybridized carbons (Fsp3) is 0.368. The van der Waals surface area contributed by atoms with E-state index < -0.39 is 0 Å². The molecule has 1 N–H and O–H groups in total. The first-order chi connectivity index (χ1) is 11.5. The van der Waals surface area contributed by atoms with Gasteiger partial charge in [-0.3, -0.25) is 9.59 Å². The minimum absolute atomic E-state index is 0.00295. The summed E-state index contributed by atoms with van der Waals surface area (Å²) in [5, 5.41) is 9.69. The Morgan fingerprint density at radius 2 is 1.96 bits per heavy atom. The Labute approximate surface area is 140 Å². The molecule has 5 heteroatoms. The highest BCUT2D eigenvalue weighted by molar-refractivity contribution is 5.73. The molecule has 1 aromatic heterocycles. The number of aromatic nitrogens is 1. The van der Waals surface area contributed by atoms with Gasteiger partial charge in [-0.1, -0.05) is 12.1 Å². The minimum Gasteiger partial charge on any atom is -0.508 e. The summed E-state index contributed by atoms with van der Waals surface area (Å²) in [6, 6.07) is 10.6. The van der Waals surface area contributed by atoms with Gasteiger partial charge in [-0.2, -0.15) is 0 Å². The number of phenolic OH excluding ortho intramolecular Hbond substituents is 1. The summed E-state index contributed by atoms with van der Waals surface area (Å²) in [5.41, 5.74) is 2.65. The van der Waals surface area contributed by atoms with Crippen LogP contribution in [0.2, 0.25) is 0 Å². The van der Waals surface area contributed by atoms with Crippen molar-refractivity contribution in [3.63, 3.8) is 0 Å². The number of rotatable bonds is 1. The monoisotopic (exact) mass is 324 g/mol. The van der Waals surface area contributed by atoms with Crippen LogP contribution in [-0.4, -0.2) is 33.6 Å². The van der Waals surface area contributed by atoms with E-state index in [-0.39, 0.29) is 23.1 Å². The summed E-state index contributed by atoms with van der Waals surface area (Å²) < 4.78 is 1.86. The van der Waals surface area contributed by atoms with Crippen LogP contribution >= 0.6 is 0 Å². The summed E-state index contributed by atoms with van der Waals surface area (Å²) >= 11 is 0. The van der Waals surface area contributed by atoms with Crippen LogP contribution in [0.25, 0.3) is 11.1 Å². The maximum absolute atomic E-state index is 12.6. The van der Waals surface area contributed by atoms with Gasteiger partial charge in [-0.05, 0) is 41.7 Å². The van der Waals surface area contributed by atoms with Gasteiger partial charge in [-0.15, -0.1) is 0 Å². The molecule has 3 heterocycles. The second-order valence-corrected chi connectivity index (χ2v) is 6.89. The number of nitrogens with zero attached hydrogens (tertiary/aromatic N) is 2. The van der Waals surface area contributed by atoms with Crippen LogP contribution in [0.4, 0.5) is 0 Å². The molecule has 1 aromatic carbocycles. The van der Waals surface area contributed by atoms with Gasteiger partial charge < -0.3 is 14.6 Å². The molecule has 2 aromatic rings. The average molecular weight is 324 g/mol. The third-order valence-electron chi connectivity index (χ3n) is 5.18. The summed E-state index contributed by atoms with van der Waals surface area (Å²) in [7, 11) is 0. The van der Waals surface area contributed by atoms with Gasteiger partial charge in [0, 0.05) is 44.2 Å². The van der Waals surface area contributed by atoms with Gasteiger partial charge in [0.15, 0.2) is 0 Å². The van der Waals surface area contributed by atoms with Gasteiger partial charge in [0.25, 0.3) is 5.56 Å². The van der Waals surface area contributed by atoms with Crippen molar-refractivity contribution in [1.82, 2.24) is 9.47 Å². The highest BCUT2D eigenvalue weighted by Crippen LogP contribution is 2.36. The number of carbonyl (C=O) groups is 1. The van der Waals surface area contributed by atoms with Crippen LogP contribution in [0.15, 0.2) is 41.2 Å². The Bertz CT molecular complexity index is 871. The van der Waals surface area contributed by atoms with Gasteiger partial charge in [0.2, 0.25) is 5.91 Å². The Morgan fingerprint density at radius 3 is 2.71 bits per heavy atom. The third kappa shape index (κ3) is 2.50. The Balaban J connectivity index is 1.79. The van der Waals surface area contributed by atoms with Crippen LogP contribution in [0.1, 0.15) is 25.0 Å². The van der Waals surface area contributed by atoms with E-state index in [1.807, 2.05) is 21.6 Å². The number of carbonyl (C=O) groups excluding carboxylic acids is 1. The number of benzene rings is 1. The van der Waals surface area contributed by atoms with Crippen molar-refractivity contribution in [2.45, 2.75) is 25.8 Å². The van der Waals surface area contributed by atoms with Gasteiger partial charge in [0.05, 0.1) is 0 Å². The summed E-state index contributed by atoms with van der Waals surface area (Å²) in [4.78, 5) is 26.3. The Morgan fingerprint density at radius 1 is 1.12 bits per heavy atom. The number of pyridine rings is 1. The number of hydrogen-bond donors (Lipinski definition) is 1. The van der Waals surface area contributed by atoms with Crippen molar-refractivity contribution in [2.24, 2.45) is 5.92 Å². The molecule has 1 amide bonds. The van der Waals surface area contributed by atoms with E-state index in [4.69, 9.17) is 0 Å². The first kappa shape index (κ1) is 15.0. The van der Waals surface area contributed by atoms with Crippen molar-refractivity contribution < 1.29 is 9.90 Å². The molecular formula is C19H20N2O3. The standard InChI is InChI=1S/C19H20N2O3/c1-12(22)20-9-13-5-16(11-20)18-7-15(8-19(24)21(18)10-13)14-3-2-4-17(23)6-14/h2-4,6-8,13,16,23H,5,9-11H2,1H3/t13-,16+/m0/s1. The topological polar surface area (TPSA) is 62.5 Å². The molecule has 24 heavy (non-hydrogen) atoms. The first-order valence-corrected chi connectivity index (χ1v) is 8.31. The smallest absolute Gasteiger partial charge is 0.251 e. The molecule has 4 rings (SSSR count). The second-order valence-electron chi connectivity index (χ2n) is 6.89. The number of hydrogen-bond acceptors (Lipinski definition) is 3. The third-order valence-corrected chi connectivity index (χ3v) is 5.18. The molecule has 0 unspecified atom stereocenters. The zero-order valence-corrected chi connectivity index (χ0v) is 13.6. The molecule has 0 aliphatic carbocycles. The number of likely N-dealkylation sites (tertiary alicyclic amines) is 1. The van der Waals surface area contributed by atoms with Crippen LogP contribution in [0.5, 0.6) is 5.75 Å². The van der Waals surface area contributed by atoms with Gasteiger partial charge >= 0.3 is 0 Å². The van der Waals surface area contributed by atoms with E-state index in [9.17, 15) is 14.7 Å². The molecule has 1 saturated heterocycles. The minimum atomic E-state index is -0.00295. The SMILES string of the molecule is CC(=O)N1C[C@@H]2C[C@H](C1)c1cc(-c3cccc(O)c3)cc(=O)n1C2. The quantitative estimate of drug-likeness (QED) is 0.874. The maximum Gasteiger partial charge on any atom is 0.251 e. The number of phenols is 1. The maximum atomic E-state index is 12.6. The van der Waals surface area contributed by atoms with E-state index in [1.165, 1.54) is 0 Å². The number of piperidine rings is 1. The molecule has 2 aliphatic heterocycles. The zero-order chi connectivity index (χ0) is 16.8. The Kier molecular flexibility index (Phi) is 3.44. The van der Waals surface area contributed by atoms with E-state index in [0.29, 0.717) is 19.0 Å². The largest absolute Gasteiger partial charge is 0.508 e. The number of amides is 1. The molecule has 0 radical (unpaired) electrons. The van der Waals surface area contributed by atoms with Crippen LogP contribution in [0.3, 0.4) is 0 Å². The lowest BCUT2D eigenvalue weighted by Gasteiger charge is -2.42. The van der Waals surface area contributed by atoms with Crippen molar-refractivity contribution >= 4 is 5.91 Å². The number of fused-ring (bicyclic) bond motifs is 4. The van der Waals surface area contributed by atoms with Gasteiger partial charge in [0.1, 0.15) is 5.75 Å². The molecular weight excluding hydrogens is 304 g/mol.